The molecule has 1 heterocycles. The normalized spacial score (nSPS) is 23.6. The van der Waals surface area contributed by atoms with Crippen LogP contribution in [-0.4, -0.2) is 40.0 Å². The zero-order valence-corrected chi connectivity index (χ0v) is 11.8. The zero-order valence-electron chi connectivity index (χ0n) is 11.0. The molecule has 0 aromatic heterocycles. The first-order chi connectivity index (χ1) is 9.54. The first-order valence-corrected chi connectivity index (χ1v) is 6.80. The molecule has 1 aromatic carbocycles. The molecule has 2 amide bonds. The van der Waals surface area contributed by atoms with Crippen molar-refractivity contribution in [2.24, 2.45) is 0 Å². The minimum atomic E-state index is -0.736. The summed E-state index contributed by atoms with van der Waals surface area (Å²) in [6.07, 6.45) is -1.36. The fourth-order valence-corrected chi connectivity index (χ4v) is 2.38. The van der Waals surface area contributed by atoms with E-state index < -0.39 is 24.1 Å². The number of cyclic esters (lactones) is 1. The molecule has 0 spiro atoms. The highest BCUT2D eigenvalue weighted by Crippen LogP contribution is 2.32. The number of nitrogens with zero attached hydrogens (tertiary/aromatic N) is 1. The van der Waals surface area contributed by atoms with Crippen LogP contribution in [0.25, 0.3) is 0 Å². The van der Waals surface area contributed by atoms with Crippen molar-refractivity contribution >= 4 is 23.6 Å². The average Bonchev–Trinajstić information content (AvgIpc) is 2.75. The van der Waals surface area contributed by atoms with E-state index in [1.807, 2.05) is 18.2 Å². The van der Waals surface area contributed by atoms with Gasteiger partial charge in [-0.25, -0.2) is 9.69 Å². The van der Waals surface area contributed by atoms with Gasteiger partial charge in [-0.1, -0.05) is 30.3 Å². The van der Waals surface area contributed by atoms with Crippen LogP contribution >= 0.6 is 11.6 Å². The van der Waals surface area contributed by atoms with Crippen LogP contribution in [0.5, 0.6) is 0 Å². The average molecular weight is 298 g/mol. The molecule has 2 rings (SSSR count). The van der Waals surface area contributed by atoms with Crippen LogP contribution in [0.3, 0.4) is 0 Å². The van der Waals surface area contributed by atoms with Gasteiger partial charge in [0.05, 0.1) is 6.61 Å². The maximum absolute atomic E-state index is 12.0. The molecule has 20 heavy (non-hydrogen) atoms. The second-order valence-electron chi connectivity index (χ2n) is 4.71. The summed E-state index contributed by atoms with van der Waals surface area (Å²) >= 11 is 5.78. The van der Waals surface area contributed by atoms with Crippen molar-refractivity contribution in [2.45, 2.75) is 30.9 Å². The maximum Gasteiger partial charge on any atom is 0.417 e. The fraction of sp³-hybridized carbons (Fsp3) is 0.429. The standard InChI is InChI=1S/C14H16ClNO4/c1-9(15)7-12(18)16-11(8-17)13(20-14(16)19)10-5-3-2-4-6-10/h2-6,9,11,13,17H,7-8H2,1H3/t9-,11+,13+/m1/s1. The van der Waals surface area contributed by atoms with Crippen molar-refractivity contribution in [3.63, 3.8) is 0 Å². The topological polar surface area (TPSA) is 66.8 Å². The third kappa shape index (κ3) is 2.94. The van der Waals surface area contributed by atoms with Gasteiger partial charge in [-0.2, -0.15) is 0 Å². The molecule has 6 heteroatoms. The number of hydrogen-bond acceptors (Lipinski definition) is 4. The van der Waals surface area contributed by atoms with Crippen LogP contribution in [0.4, 0.5) is 4.79 Å². The lowest BCUT2D eigenvalue weighted by atomic mass is 10.0. The lowest BCUT2D eigenvalue weighted by molar-refractivity contribution is -0.129. The largest absolute Gasteiger partial charge is 0.439 e. The highest BCUT2D eigenvalue weighted by Gasteiger charge is 2.45. The molecule has 1 N–H and O–H groups in total. The summed E-state index contributed by atoms with van der Waals surface area (Å²) in [5.74, 6) is -0.435. The van der Waals surface area contributed by atoms with Gasteiger partial charge in [0, 0.05) is 11.8 Å². The van der Waals surface area contributed by atoms with Gasteiger partial charge in [0.15, 0.2) is 6.10 Å². The van der Waals surface area contributed by atoms with Crippen molar-refractivity contribution in [1.29, 1.82) is 0 Å². The van der Waals surface area contributed by atoms with Gasteiger partial charge in [0.1, 0.15) is 6.04 Å². The molecular weight excluding hydrogens is 282 g/mol. The van der Waals surface area contributed by atoms with Crippen LogP contribution in [0.15, 0.2) is 30.3 Å². The van der Waals surface area contributed by atoms with Crippen molar-refractivity contribution in [3.8, 4) is 0 Å². The second-order valence-corrected chi connectivity index (χ2v) is 5.46. The number of carbonyl (C=O) groups is 2. The van der Waals surface area contributed by atoms with E-state index in [1.165, 1.54) is 0 Å². The van der Waals surface area contributed by atoms with E-state index in [2.05, 4.69) is 0 Å². The SMILES string of the molecule is C[C@@H](Cl)CC(=O)N1C(=O)O[C@@H](c2ccccc2)[C@@H]1CO. The van der Waals surface area contributed by atoms with Gasteiger partial charge in [-0.3, -0.25) is 4.79 Å². The number of amides is 2. The summed E-state index contributed by atoms with van der Waals surface area (Å²) in [5, 5.41) is 9.13. The number of hydrogen-bond donors (Lipinski definition) is 1. The molecule has 1 saturated heterocycles. The maximum atomic E-state index is 12.0. The molecule has 0 aliphatic carbocycles. The van der Waals surface area contributed by atoms with Crippen molar-refractivity contribution in [1.82, 2.24) is 4.90 Å². The zero-order chi connectivity index (χ0) is 14.7. The molecule has 1 fully saturated rings. The molecular formula is C14H16ClNO4. The summed E-state index contributed by atoms with van der Waals surface area (Å²) < 4.78 is 5.23. The minimum Gasteiger partial charge on any atom is -0.439 e. The Labute approximate surface area is 122 Å². The molecule has 0 radical (unpaired) electrons. The van der Waals surface area contributed by atoms with Gasteiger partial charge >= 0.3 is 6.09 Å². The van der Waals surface area contributed by atoms with E-state index in [0.29, 0.717) is 0 Å². The number of benzene rings is 1. The summed E-state index contributed by atoms with van der Waals surface area (Å²) in [6, 6.07) is 8.32. The van der Waals surface area contributed by atoms with Crippen LogP contribution in [0.1, 0.15) is 25.0 Å². The Balaban J connectivity index is 2.23. The smallest absolute Gasteiger partial charge is 0.417 e. The van der Waals surface area contributed by atoms with Gasteiger partial charge in [0.2, 0.25) is 5.91 Å². The molecule has 1 aliphatic rings. The lowest BCUT2D eigenvalue weighted by Crippen LogP contribution is -2.42. The van der Waals surface area contributed by atoms with E-state index in [-0.39, 0.29) is 18.4 Å². The first-order valence-electron chi connectivity index (χ1n) is 6.37. The molecule has 5 nitrogen and oxygen atoms in total. The number of aliphatic hydroxyl groups excluding tert-OH is 1. The van der Waals surface area contributed by atoms with Gasteiger partial charge < -0.3 is 9.84 Å². The Hall–Kier alpha value is -1.59. The van der Waals surface area contributed by atoms with Crippen LogP contribution in [0, 0.1) is 0 Å². The Bertz CT molecular complexity index is 491. The monoisotopic (exact) mass is 297 g/mol. The lowest BCUT2D eigenvalue weighted by Gasteiger charge is -2.21. The van der Waals surface area contributed by atoms with E-state index in [0.717, 1.165) is 10.5 Å². The predicted molar refractivity (Wildman–Crippen MR) is 73.3 cm³/mol. The first kappa shape index (κ1) is 14.8. The van der Waals surface area contributed by atoms with E-state index in [4.69, 9.17) is 16.3 Å². The molecule has 0 saturated carbocycles. The van der Waals surface area contributed by atoms with Crippen molar-refractivity contribution in [3.05, 3.63) is 35.9 Å². The Kier molecular flexibility index (Phi) is 4.62. The fourth-order valence-electron chi connectivity index (χ4n) is 2.25. The highest BCUT2D eigenvalue weighted by atomic mass is 35.5. The Morgan fingerprint density at radius 3 is 2.65 bits per heavy atom. The number of halogens is 1. The summed E-state index contributed by atoms with van der Waals surface area (Å²) in [7, 11) is 0. The number of aliphatic hydroxyl groups is 1. The number of carbonyl (C=O) groups excluding carboxylic acids is 2. The number of rotatable bonds is 4. The molecule has 1 aromatic rings. The third-order valence-corrected chi connectivity index (χ3v) is 3.30. The molecule has 1 aliphatic heterocycles. The summed E-state index contributed by atoms with van der Waals surface area (Å²) in [5.41, 5.74) is 0.745. The second kappa shape index (κ2) is 6.24. The minimum absolute atomic E-state index is 0.0225. The summed E-state index contributed by atoms with van der Waals surface area (Å²) in [6.45, 7) is 1.32. The van der Waals surface area contributed by atoms with E-state index >= 15 is 0 Å². The van der Waals surface area contributed by atoms with E-state index in [1.54, 1.807) is 19.1 Å². The molecule has 3 atom stereocenters. The van der Waals surface area contributed by atoms with Crippen LogP contribution in [0.2, 0.25) is 0 Å². The molecule has 0 bridgehead atoms. The van der Waals surface area contributed by atoms with Gasteiger partial charge in [-0.05, 0) is 12.5 Å². The van der Waals surface area contributed by atoms with Crippen LogP contribution in [-0.2, 0) is 9.53 Å². The third-order valence-electron chi connectivity index (χ3n) is 3.15. The number of ether oxygens (including phenoxy) is 1. The number of alkyl halides is 1. The molecule has 108 valence electrons. The predicted octanol–water partition coefficient (Wildman–Crippen LogP) is 2.08. The quantitative estimate of drug-likeness (QED) is 0.864. The molecule has 0 unspecified atom stereocenters. The highest BCUT2D eigenvalue weighted by molar-refractivity contribution is 6.21. The van der Waals surface area contributed by atoms with Crippen molar-refractivity contribution < 1.29 is 19.4 Å². The number of imide groups is 1. The summed E-state index contributed by atoms with van der Waals surface area (Å²) in [4.78, 5) is 24.9. The van der Waals surface area contributed by atoms with Gasteiger partial charge in [-0.15, -0.1) is 11.6 Å². The Morgan fingerprint density at radius 2 is 2.10 bits per heavy atom. The van der Waals surface area contributed by atoms with Gasteiger partial charge in [0.25, 0.3) is 0 Å². The Morgan fingerprint density at radius 1 is 1.45 bits per heavy atom. The van der Waals surface area contributed by atoms with Crippen LogP contribution < -0.4 is 0 Å². The van der Waals surface area contributed by atoms with Crippen molar-refractivity contribution in [2.75, 3.05) is 6.61 Å². The van der Waals surface area contributed by atoms with E-state index in [9.17, 15) is 14.7 Å².